The summed E-state index contributed by atoms with van der Waals surface area (Å²) in [5, 5.41) is 5.33. The van der Waals surface area contributed by atoms with Crippen LogP contribution in [0.3, 0.4) is 0 Å². The summed E-state index contributed by atoms with van der Waals surface area (Å²) in [6.07, 6.45) is 0. The summed E-state index contributed by atoms with van der Waals surface area (Å²) in [4.78, 5) is 0. The van der Waals surface area contributed by atoms with Crippen LogP contribution in [0.5, 0.6) is 0 Å². The topological polar surface area (TPSA) is 4.93 Å². The molecule has 0 bridgehead atoms. The quantitative estimate of drug-likeness (QED) is 0.0953. The van der Waals surface area contributed by atoms with Crippen LogP contribution in [-0.4, -0.2) is 12.6 Å². The molecule has 0 saturated heterocycles. The molecule has 2 heteroatoms. The third kappa shape index (κ3) is 6.08. The van der Waals surface area contributed by atoms with Gasteiger partial charge in [0.25, 0.3) is 0 Å². The molecule has 12 rings (SSSR count). The molecule has 0 spiro atoms. The van der Waals surface area contributed by atoms with E-state index in [0.717, 1.165) is 11.3 Å². The van der Waals surface area contributed by atoms with E-state index in [-0.39, 0.29) is 0 Å². The van der Waals surface area contributed by atoms with Crippen LogP contribution >= 0.6 is 0 Å². The van der Waals surface area contributed by atoms with Crippen molar-refractivity contribution < 1.29 is 0 Å². The fourth-order valence-corrected chi connectivity index (χ4v) is 17.3. The minimum Gasteiger partial charge on any atom is -0.312 e. The Morgan fingerprint density at radius 3 is 0.956 bits per heavy atom. The van der Waals surface area contributed by atoms with E-state index in [4.69, 9.17) is 0 Å². The maximum atomic E-state index is 2.72. The number of aromatic nitrogens is 1. The van der Waals surface area contributed by atoms with Crippen LogP contribution in [-0.2, 0) is 10.8 Å². The van der Waals surface area contributed by atoms with E-state index in [1.165, 1.54) is 71.1 Å². The second-order valence-corrected chi connectivity index (χ2v) is 21.6. The zero-order chi connectivity index (χ0) is 45.4. The molecule has 11 aromatic rings. The Morgan fingerprint density at radius 2 is 0.574 bits per heavy atom. The highest BCUT2D eigenvalue weighted by Gasteiger charge is 2.61. The van der Waals surface area contributed by atoms with Gasteiger partial charge in [0, 0.05) is 11.4 Å². The lowest BCUT2D eigenvalue weighted by molar-refractivity contribution is 0.594. The standard InChI is InChI=1S/C66H49NSi/c1-10-30-50(31-11-1)62-63(68(56-42-22-7-23-43-56,57-44-24-8-25-45-57)58-46-26-9-27-47-58)61-64(67(62)55-40-20-6-21-41-55)66(53-36-16-4-17-37-53,54-38-18-5-19-39-54)60-49-29-28-48-59(60)65(61,51-32-12-2-13-33-51)52-34-14-3-15-35-52/h1-49H. The van der Waals surface area contributed by atoms with Gasteiger partial charge in [0.2, 0.25) is 0 Å². The maximum absolute atomic E-state index is 3.48. The maximum Gasteiger partial charge on any atom is 0.182 e. The summed E-state index contributed by atoms with van der Waals surface area (Å²) >= 11 is 0. The normalized spacial score (nSPS) is 13.5. The zero-order valence-electron chi connectivity index (χ0n) is 37.7. The largest absolute Gasteiger partial charge is 0.312 e. The van der Waals surface area contributed by atoms with Crippen LogP contribution in [0, 0.1) is 0 Å². The van der Waals surface area contributed by atoms with Gasteiger partial charge in [-0.15, -0.1) is 0 Å². The molecule has 0 atom stereocenters. The van der Waals surface area contributed by atoms with Crippen molar-refractivity contribution in [1.29, 1.82) is 0 Å². The molecule has 1 aliphatic carbocycles. The van der Waals surface area contributed by atoms with Crippen LogP contribution in [0.4, 0.5) is 0 Å². The molecule has 1 aromatic heterocycles. The van der Waals surface area contributed by atoms with Crippen molar-refractivity contribution in [2.24, 2.45) is 0 Å². The lowest BCUT2D eigenvalue weighted by atomic mass is 9.52. The van der Waals surface area contributed by atoms with Crippen molar-refractivity contribution in [3.63, 3.8) is 0 Å². The van der Waals surface area contributed by atoms with Gasteiger partial charge in [0.15, 0.2) is 8.07 Å². The molecule has 0 N–H and O–H groups in total. The number of rotatable bonds is 10. The highest BCUT2D eigenvalue weighted by atomic mass is 28.3. The van der Waals surface area contributed by atoms with E-state index in [2.05, 4.69) is 302 Å². The first-order valence-corrected chi connectivity index (χ1v) is 25.7. The first-order chi connectivity index (χ1) is 33.8. The summed E-state index contributed by atoms with van der Waals surface area (Å²) in [7, 11) is -3.48. The molecule has 0 aliphatic heterocycles. The molecule has 10 aromatic carbocycles. The number of nitrogens with zero attached hydrogens (tertiary/aromatic N) is 1. The Balaban J connectivity index is 1.50. The van der Waals surface area contributed by atoms with Gasteiger partial charge in [-0.05, 0) is 77.4 Å². The van der Waals surface area contributed by atoms with Gasteiger partial charge in [0.05, 0.1) is 16.5 Å². The Labute approximate surface area is 401 Å². The van der Waals surface area contributed by atoms with E-state index < -0.39 is 18.9 Å². The van der Waals surface area contributed by atoms with Crippen LogP contribution < -0.4 is 20.7 Å². The first-order valence-electron chi connectivity index (χ1n) is 23.7. The summed E-state index contributed by atoms with van der Waals surface area (Å²) in [5.41, 5.74) is 11.7. The second kappa shape index (κ2) is 17.2. The monoisotopic (exact) mass is 883 g/mol. The molecule has 0 fully saturated rings. The molecule has 0 amide bonds. The smallest absolute Gasteiger partial charge is 0.182 e. The molecular formula is C66H49NSi. The molecule has 1 nitrogen and oxygen atoms in total. The van der Waals surface area contributed by atoms with E-state index in [0.29, 0.717) is 0 Å². The summed E-state index contributed by atoms with van der Waals surface area (Å²) in [6, 6.07) is 112. The molecule has 1 heterocycles. The van der Waals surface area contributed by atoms with Crippen molar-refractivity contribution in [3.05, 3.63) is 342 Å². The SMILES string of the molecule is c1ccc(-c2c([Si](c3ccccc3)(c3ccccc3)c3ccccc3)c3c(n2-c2ccccc2)C(c2ccccc2)(c2ccccc2)c2ccccc2C3(c2ccccc2)c2ccccc2)cc1. The van der Waals surface area contributed by atoms with Crippen molar-refractivity contribution >= 4 is 28.8 Å². The predicted octanol–water partition coefficient (Wildman–Crippen LogP) is 12.6. The van der Waals surface area contributed by atoms with Gasteiger partial charge in [-0.1, -0.05) is 285 Å². The van der Waals surface area contributed by atoms with E-state index in [9.17, 15) is 0 Å². The van der Waals surface area contributed by atoms with Gasteiger partial charge in [-0.3, -0.25) is 0 Å². The Bertz CT molecular complexity index is 3270. The van der Waals surface area contributed by atoms with Crippen molar-refractivity contribution in [2.45, 2.75) is 10.8 Å². The van der Waals surface area contributed by atoms with E-state index >= 15 is 0 Å². The fraction of sp³-hybridized carbons (Fsp3) is 0.0303. The van der Waals surface area contributed by atoms with Gasteiger partial charge in [-0.25, -0.2) is 0 Å². The molecule has 322 valence electrons. The minimum atomic E-state index is -3.48. The Kier molecular flexibility index (Phi) is 10.4. The molecular weight excluding hydrogens is 835 g/mol. The average molecular weight is 884 g/mol. The van der Waals surface area contributed by atoms with E-state index in [1.807, 2.05) is 0 Å². The number of hydrogen-bond acceptors (Lipinski definition) is 0. The highest BCUT2D eigenvalue weighted by Crippen LogP contribution is 2.61. The molecule has 0 unspecified atom stereocenters. The van der Waals surface area contributed by atoms with Gasteiger partial charge >= 0.3 is 0 Å². The van der Waals surface area contributed by atoms with Crippen LogP contribution in [0.1, 0.15) is 44.6 Å². The summed E-state index contributed by atoms with van der Waals surface area (Å²) in [5.74, 6) is 0. The van der Waals surface area contributed by atoms with Crippen molar-refractivity contribution in [3.8, 4) is 16.9 Å². The number of para-hydroxylation sites is 1. The predicted molar refractivity (Wildman–Crippen MR) is 285 cm³/mol. The third-order valence-corrected chi connectivity index (χ3v) is 19.4. The van der Waals surface area contributed by atoms with Gasteiger partial charge in [-0.2, -0.15) is 0 Å². The number of benzene rings is 10. The summed E-state index contributed by atoms with van der Waals surface area (Å²) < 4.78 is 2.72. The van der Waals surface area contributed by atoms with Crippen LogP contribution in [0.2, 0.25) is 0 Å². The lowest BCUT2D eigenvalue weighted by Crippen LogP contribution is -2.76. The second-order valence-electron chi connectivity index (χ2n) is 17.8. The third-order valence-electron chi connectivity index (χ3n) is 14.5. The zero-order valence-corrected chi connectivity index (χ0v) is 38.7. The Hall–Kier alpha value is -8.30. The molecule has 0 radical (unpaired) electrons. The first kappa shape index (κ1) is 41.2. The lowest BCUT2D eigenvalue weighted by Gasteiger charge is -2.51. The van der Waals surface area contributed by atoms with E-state index in [1.54, 1.807) is 0 Å². The van der Waals surface area contributed by atoms with Crippen molar-refractivity contribution in [2.75, 3.05) is 0 Å². The fourth-order valence-electron chi connectivity index (χ4n) is 12.0. The van der Waals surface area contributed by atoms with Crippen LogP contribution in [0.25, 0.3) is 16.9 Å². The van der Waals surface area contributed by atoms with Crippen LogP contribution in [0.15, 0.2) is 297 Å². The number of fused-ring (bicyclic) bond motifs is 2. The molecule has 68 heavy (non-hydrogen) atoms. The Morgan fingerprint density at radius 1 is 0.279 bits per heavy atom. The average Bonchev–Trinajstić information content (AvgIpc) is 3.79. The molecule has 0 saturated carbocycles. The van der Waals surface area contributed by atoms with Crippen molar-refractivity contribution in [1.82, 2.24) is 4.57 Å². The molecule has 1 aliphatic rings. The summed E-state index contributed by atoms with van der Waals surface area (Å²) in [6.45, 7) is 0. The number of hydrogen-bond donors (Lipinski definition) is 0. The highest BCUT2D eigenvalue weighted by molar-refractivity contribution is 7.20. The minimum absolute atomic E-state index is 0.830. The van der Waals surface area contributed by atoms with Gasteiger partial charge in [0.1, 0.15) is 0 Å². The van der Waals surface area contributed by atoms with Gasteiger partial charge < -0.3 is 4.57 Å².